The Bertz CT molecular complexity index is 1180. The molecule has 13 heteroatoms. The number of anilines is 1. The molecule has 0 unspecified atom stereocenters. The van der Waals surface area contributed by atoms with Gasteiger partial charge in [0.05, 0.1) is 13.2 Å². The molecule has 12 nitrogen and oxygen atoms in total. The van der Waals surface area contributed by atoms with Crippen molar-refractivity contribution in [2.24, 2.45) is 5.73 Å². The third-order valence-electron chi connectivity index (χ3n) is 5.66. The highest BCUT2D eigenvalue weighted by Crippen LogP contribution is 2.24. The van der Waals surface area contributed by atoms with E-state index < -0.39 is 35.7 Å². The lowest BCUT2D eigenvalue weighted by Gasteiger charge is -2.34. The van der Waals surface area contributed by atoms with Crippen molar-refractivity contribution in [2.75, 3.05) is 45.7 Å². The summed E-state index contributed by atoms with van der Waals surface area (Å²) in [6.45, 7) is 2.85. The number of carbonyl (C=O) groups excluding carboxylic acids is 4. The Hall–Kier alpha value is -4.10. The lowest BCUT2D eigenvalue weighted by atomic mass is 10.1. The SMILES string of the molecule is C/C(=C\C=C(/C)C(=N)N)NC(=O)[C@H](O)[C@H]1OCCN(c2cc(F)cc(C(=O)N(C)CC(=O)N(C)C)c2)C1=O. The van der Waals surface area contributed by atoms with E-state index >= 15 is 0 Å². The molecule has 1 aromatic carbocycles. The van der Waals surface area contributed by atoms with Crippen LogP contribution in [0.15, 0.2) is 41.6 Å². The highest BCUT2D eigenvalue weighted by Gasteiger charge is 2.39. The number of amidine groups is 1. The molecular formula is C25H33FN6O6. The van der Waals surface area contributed by atoms with Crippen LogP contribution in [0.1, 0.15) is 24.2 Å². The van der Waals surface area contributed by atoms with Crippen molar-refractivity contribution in [2.45, 2.75) is 26.1 Å². The number of aliphatic hydroxyl groups excluding tert-OH is 1. The molecule has 0 bridgehead atoms. The lowest BCUT2D eigenvalue weighted by molar-refractivity contribution is -0.152. The lowest BCUT2D eigenvalue weighted by Crippen LogP contribution is -2.56. The summed E-state index contributed by atoms with van der Waals surface area (Å²) in [4.78, 5) is 54.0. The van der Waals surface area contributed by atoms with Crippen molar-refractivity contribution >= 4 is 35.2 Å². The van der Waals surface area contributed by atoms with Crippen LogP contribution in [0.3, 0.4) is 0 Å². The number of amides is 4. The molecule has 0 radical (unpaired) electrons. The number of benzene rings is 1. The number of aliphatic hydroxyl groups is 1. The van der Waals surface area contributed by atoms with E-state index in [1.54, 1.807) is 27.9 Å². The minimum Gasteiger partial charge on any atom is -0.384 e. The van der Waals surface area contributed by atoms with Crippen LogP contribution in [-0.4, -0.2) is 97.4 Å². The van der Waals surface area contributed by atoms with Crippen molar-refractivity contribution in [3.63, 3.8) is 0 Å². The number of morpholine rings is 1. The second kappa shape index (κ2) is 12.9. The first kappa shape index (κ1) is 30.1. The minimum absolute atomic E-state index is 0.0102. The molecule has 1 heterocycles. The first-order valence-corrected chi connectivity index (χ1v) is 11.6. The second-order valence-electron chi connectivity index (χ2n) is 8.98. The predicted molar refractivity (Wildman–Crippen MR) is 138 cm³/mol. The molecule has 1 aliphatic rings. The molecule has 0 aromatic heterocycles. The molecule has 2 atom stereocenters. The molecule has 2 rings (SSSR count). The van der Waals surface area contributed by atoms with Crippen molar-refractivity contribution in [1.29, 1.82) is 5.41 Å². The van der Waals surface area contributed by atoms with Gasteiger partial charge in [0.2, 0.25) is 5.91 Å². The summed E-state index contributed by atoms with van der Waals surface area (Å²) in [7, 11) is 4.48. The third kappa shape index (κ3) is 7.70. The fourth-order valence-corrected chi connectivity index (χ4v) is 3.37. The zero-order chi connectivity index (χ0) is 28.7. The van der Waals surface area contributed by atoms with Crippen molar-refractivity contribution < 1.29 is 33.4 Å². The van der Waals surface area contributed by atoms with Gasteiger partial charge in [-0.15, -0.1) is 0 Å². The van der Waals surface area contributed by atoms with E-state index in [0.29, 0.717) is 11.3 Å². The van der Waals surface area contributed by atoms with Gasteiger partial charge < -0.3 is 35.6 Å². The van der Waals surface area contributed by atoms with Crippen LogP contribution in [0.25, 0.3) is 0 Å². The van der Waals surface area contributed by atoms with Crippen LogP contribution >= 0.6 is 0 Å². The summed E-state index contributed by atoms with van der Waals surface area (Å²) in [6, 6.07) is 3.33. The summed E-state index contributed by atoms with van der Waals surface area (Å²) >= 11 is 0. The number of nitrogens with one attached hydrogen (secondary N) is 2. The van der Waals surface area contributed by atoms with Crippen LogP contribution < -0.4 is 16.0 Å². The van der Waals surface area contributed by atoms with Gasteiger partial charge >= 0.3 is 0 Å². The molecule has 206 valence electrons. The number of nitrogens with two attached hydrogens (primary N) is 1. The highest BCUT2D eigenvalue weighted by atomic mass is 19.1. The third-order valence-corrected chi connectivity index (χ3v) is 5.66. The van der Waals surface area contributed by atoms with E-state index in [4.69, 9.17) is 15.9 Å². The Kier molecular flexibility index (Phi) is 10.2. The Labute approximate surface area is 220 Å². The van der Waals surface area contributed by atoms with E-state index in [0.717, 1.165) is 21.9 Å². The fraction of sp³-hybridized carbons (Fsp3) is 0.400. The van der Waals surface area contributed by atoms with Crippen molar-refractivity contribution in [1.82, 2.24) is 15.1 Å². The maximum Gasteiger partial charge on any atom is 0.259 e. The number of likely N-dealkylation sites (N-methyl/N-ethyl adjacent to an activating group) is 2. The monoisotopic (exact) mass is 532 g/mol. The Morgan fingerprint density at radius 3 is 2.53 bits per heavy atom. The minimum atomic E-state index is -1.88. The number of halogens is 1. The standard InChI is InChI=1S/C25H33FN6O6/c1-14(22(27)28)6-7-15(2)29-23(35)20(34)21-25(37)32(8-9-38-21)18-11-16(10-17(26)12-18)24(36)31(5)13-19(33)30(3)4/h6-7,10-12,20-21,34H,8-9,13H2,1-5H3,(H3,27,28)(H,29,35)/b14-6+,15-7+/t20-,21-/m1/s1. The van der Waals surface area contributed by atoms with Gasteiger partial charge in [-0.3, -0.25) is 24.6 Å². The number of carbonyl (C=O) groups is 4. The molecule has 0 spiro atoms. The summed E-state index contributed by atoms with van der Waals surface area (Å²) in [6.07, 6.45) is -0.477. The smallest absolute Gasteiger partial charge is 0.259 e. The largest absolute Gasteiger partial charge is 0.384 e. The number of nitrogens with zero attached hydrogens (tertiary/aromatic N) is 3. The number of ether oxygens (including phenoxy) is 1. The van der Waals surface area contributed by atoms with Gasteiger partial charge in [0.25, 0.3) is 17.7 Å². The molecule has 5 N–H and O–H groups in total. The number of rotatable bonds is 9. The van der Waals surface area contributed by atoms with Crippen LogP contribution in [0.2, 0.25) is 0 Å². The van der Waals surface area contributed by atoms with Gasteiger partial charge in [-0.25, -0.2) is 4.39 Å². The van der Waals surface area contributed by atoms with E-state index in [2.05, 4.69) is 5.32 Å². The van der Waals surface area contributed by atoms with Gasteiger partial charge in [-0.2, -0.15) is 0 Å². The van der Waals surface area contributed by atoms with Gasteiger partial charge in [-0.1, -0.05) is 6.08 Å². The number of hydrogen-bond acceptors (Lipinski definition) is 7. The van der Waals surface area contributed by atoms with E-state index in [9.17, 15) is 28.7 Å². The molecule has 1 aromatic rings. The van der Waals surface area contributed by atoms with Gasteiger partial charge in [0, 0.05) is 44.6 Å². The topological polar surface area (TPSA) is 169 Å². The first-order valence-electron chi connectivity index (χ1n) is 11.6. The predicted octanol–water partition coefficient (Wildman–Crippen LogP) is -0.0191. The van der Waals surface area contributed by atoms with E-state index in [-0.39, 0.29) is 42.7 Å². The highest BCUT2D eigenvalue weighted by molar-refractivity contribution is 6.03. The maximum absolute atomic E-state index is 14.5. The van der Waals surface area contributed by atoms with E-state index in [1.165, 1.54) is 30.2 Å². The van der Waals surface area contributed by atoms with Crippen LogP contribution in [-0.2, 0) is 19.1 Å². The Morgan fingerprint density at radius 2 is 1.92 bits per heavy atom. The Morgan fingerprint density at radius 1 is 1.26 bits per heavy atom. The van der Waals surface area contributed by atoms with Gasteiger partial charge in [0.15, 0.2) is 12.2 Å². The average Bonchev–Trinajstić information content (AvgIpc) is 2.85. The number of allylic oxidation sites excluding steroid dienone is 3. The molecule has 4 amide bonds. The molecule has 1 saturated heterocycles. The summed E-state index contributed by atoms with van der Waals surface area (Å²) in [5.41, 5.74) is 6.10. The van der Waals surface area contributed by atoms with Gasteiger partial charge in [0.1, 0.15) is 11.7 Å². The van der Waals surface area contributed by atoms with Crippen molar-refractivity contribution in [3.8, 4) is 0 Å². The molecule has 38 heavy (non-hydrogen) atoms. The van der Waals surface area contributed by atoms with Crippen LogP contribution in [0, 0.1) is 11.2 Å². The summed E-state index contributed by atoms with van der Waals surface area (Å²) in [5.74, 6) is -3.59. The molecule has 1 fully saturated rings. The molecular weight excluding hydrogens is 499 g/mol. The first-order chi connectivity index (χ1) is 17.7. The normalized spacial score (nSPS) is 17.1. The van der Waals surface area contributed by atoms with Crippen LogP contribution in [0.5, 0.6) is 0 Å². The number of hydrogen-bond donors (Lipinski definition) is 4. The fourth-order valence-electron chi connectivity index (χ4n) is 3.37. The zero-order valence-electron chi connectivity index (χ0n) is 21.9. The molecule has 0 aliphatic carbocycles. The second-order valence-corrected chi connectivity index (χ2v) is 8.98. The van der Waals surface area contributed by atoms with E-state index in [1.807, 2.05) is 0 Å². The van der Waals surface area contributed by atoms with Crippen LogP contribution in [0.4, 0.5) is 10.1 Å². The molecule has 0 saturated carbocycles. The quantitative estimate of drug-likeness (QED) is 0.197. The van der Waals surface area contributed by atoms with Crippen molar-refractivity contribution in [3.05, 3.63) is 53.0 Å². The average molecular weight is 533 g/mol. The zero-order valence-corrected chi connectivity index (χ0v) is 21.9. The summed E-state index contributed by atoms with van der Waals surface area (Å²) in [5, 5.41) is 20.3. The summed E-state index contributed by atoms with van der Waals surface area (Å²) < 4.78 is 19.8. The molecule has 1 aliphatic heterocycles. The Balaban J connectivity index is 2.20. The maximum atomic E-state index is 14.5. The van der Waals surface area contributed by atoms with Gasteiger partial charge in [-0.05, 0) is 43.7 Å².